The van der Waals surface area contributed by atoms with Crippen LogP contribution in [0.1, 0.15) is 47.0 Å². The lowest BCUT2D eigenvalue weighted by Crippen LogP contribution is -2.60. The van der Waals surface area contributed by atoms with E-state index >= 15 is 0 Å². The molecule has 1 aromatic carbocycles. The van der Waals surface area contributed by atoms with Crippen LogP contribution in [0.3, 0.4) is 0 Å². The third kappa shape index (κ3) is 3.91. The molecule has 4 heterocycles. The molecule has 1 N–H and O–H groups in total. The number of pyridine rings is 1. The van der Waals surface area contributed by atoms with Gasteiger partial charge in [-0.1, -0.05) is 18.6 Å². The second kappa shape index (κ2) is 7.80. The van der Waals surface area contributed by atoms with E-state index in [0.717, 1.165) is 35.6 Å². The van der Waals surface area contributed by atoms with Crippen LogP contribution in [0.5, 0.6) is 0 Å². The zero-order chi connectivity index (χ0) is 24.4. The van der Waals surface area contributed by atoms with Crippen LogP contribution in [-0.2, 0) is 16.4 Å². The average Bonchev–Trinajstić information content (AvgIpc) is 3.22. The first kappa shape index (κ1) is 22.6. The van der Waals surface area contributed by atoms with E-state index in [1.54, 1.807) is 4.68 Å². The van der Waals surface area contributed by atoms with Gasteiger partial charge in [0.2, 0.25) is 5.95 Å². The molecule has 0 atom stereocenters. The number of hydrogen-bond acceptors (Lipinski definition) is 7. The van der Waals surface area contributed by atoms with Crippen LogP contribution in [0.15, 0.2) is 42.6 Å². The van der Waals surface area contributed by atoms with Gasteiger partial charge in [-0.3, -0.25) is 0 Å². The van der Waals surface area contributed by atoms with Crippen LogP contribution in [-0.4, -0.2) is 51.2 Å². The standard InChI is InChI=1S/C26H33BN6O2/c1-24(2)25(3,4)35-27(34-24)19-8-10-20(11-9-19)29-23-30-22(31-32(23)5)18-7-12-21(28-15-18)33-16-26(17-33)13-6-14-26/h7-12,15H,6,13-14,16-17H2,1-5H3,(H,29,30,31). The molecule has 1 aliphatic carbocycles. The van der Waals surface area contributed by atoms with Crippen LogP contribution in [0.2, 0.25) is 0 Å². The van der Waals surface area contributed by atoms with Crippen LogP contribution < -0.4 is 15.7 Å². The zero-order valence-electron chi connectivity index (χ0n) is 21.2. The topological polar surface area (TPSA) is 77.3 Å². The number of anilines is 3. The molecule has 0 bridgehead atoms. The Morgan fingerprint density at radius 1 is 0.943 bits per heavy atom. The quantitative estimate of drug-likeness (QED) is 0.565. The van der Waals surface area contributed by atoms with Gasteiger partial charge < -0.3 is 19.5 Å². The van der Waals surface area contributed by atoms with Crippen molar-refractivity contribution >= 4 is 30.0 Å². The Hall–Kier alpha value is -2.91. The lowest BCUT2D eigenvalue weighted by molar-refractivity contribution is 0.00578. The van der Waals surface area contributed by atoms with Gasteiger partial charge in [0.15, 0.2) is 5.82 Å². The maximum Gasteiger partial charge on any atom is 0.494 e. The molecule has 6 rings (SSSR count). The highest BCUT2D eigenvalue weighted by Gasteiger charge is 2.51. The van der Waals surface area contributed by atoms with Crippen LogP contribution in [0.25, 0.3) is 11.4 Å². The Bertz CT molecular complexity index is 1210. The van der Waals surface area contributed by atoms with E-state index in [-0.39, 0.29) is 18.3 Å². The van der Waals surface area contributed by atoms with Crippen molar-refractivity contribution < 1.29 is 9.31 Å². The molecule has 3 aliphatic rings. The van der Waals surface area contributed by atoms with Gasteiger partial charge in [0.25, 0.3) is 0 Å². The first-order chi connectivity index (χ1) is 16.6. The summed E-state index contributed by atoms with van der Waals surface area (Å²) in [5, 5.41) is 7.95. The molecule has 0 amide bonds. The normalized spacial score (nSPS) is 21.6. The summed E-state index contributed by atoms with van der Waals surface area (Å²) in [4.78, 5) is 11.8. The Morgan fingerprint density at radius 3 is 2.20 bits per heavy atom. The SMILES string of the molecule is Cn1nc(-c2ccc(N3CC4(CCC4)C3)nc2)nc1Nc1ccc(B2OC(C)(C)C(C)(C)O2)cc1. The van der Waals surface area contributed by atoms with Crippen molar-refractivity contribution in [1.82, 2.24) is 19.7 Å². The molecular formula is C26H33BN6O2. The van der Waals surface area contributed by atoms with Crippen molar-refractivity contribution in [3.05, 3.63) is 42.6 Å². The van der Waals surface area contributed by atoms with E-state index in [4.69, 9.17) is 14.3 Å². The fourth-order valence-corrected chi connectivity index (χ4v) is 5.07. The molecule has 2 saturated heterocycles. The Labute approximate surface area is 207 Å². The summed E-state index contributed by atoms with van der Waals surface area (Å²) >= 11 is 0. The van der Waals surface area contributed by atoms with Crippen molar-refractivity contribution in [1.29, 1.82) is 0 Å². The third-order valence-electron chi connectivity index (χ3n) is 8.25. The van der Waals surface area contributed by atoms with Gasteiger partial charge in [-0.15, -0.1) is 5.10 Å². The van der Waals surface area contributed by atoms with E-state index in [2.05, 4.69) is 60.1 Å². The van der Waals surface area contributed by atoms with Crippen molar-refractivity contribution in [2.45, 2.75) is 58.2 Å². The van der Waals surface area contributed by atoms with E-state index in [1.807, 2.05) is 37.5 Å². The number of benzene rings is 1. The average molecular weight is 472 g/mol. The van der Waals surface area contributed by atoms with E-state index in [9.17, 15) is 0 Å². The minimum Gasteiger partial charge on any atom is -0.399 e. The molecule has 2 aliphatic heterocycles. The highest BCUT2D eigenvalue weighted by atomic mass is 16.7. The predicted octanol–water partition coefficient (Wildman–Crippen LogP) is 3.91. The monoisotopic (exact) mass is 472 g/mol. The van der Waals surface area contributed by atoms with Gasteiger partial charge in [-0.2, -0.15) is 4.98 Å². The van der Waals surface area contributed by atoms with Crippen molar-refractivity contribution in [3.8, 4) is 11.4 Å². The number of hydrogen-bond donors (Lipinski definition) is 1. The fraction of sp³-hybridized carbons (Fsp3) is 0.500. The van der Waals surface area contributed by atoms with Crippen LogP contribution in [0, 0.1) is 5.41 Å². The smallest absolute Gasteiger partial charge is 0.399 e. The number of aromatic nitrogens is 4. The molecule has 0 radical (unpaired) electrons. The minimum atomic E-state index is -0.374. The summed E-state index contributed by atoms with van der Waals surface area (Å²) in [5.41, 5.74) is 2.70. The van der Waals surface area contributed by atoms with Gasteiger partial charge in [0.05, 0.1) is 11.2 Å². The molecule has 2 aromatic heterocycles. The molecule has 8 nitrogen and oxygen atoms in total. The lowest BCUT2D eigenvalue weighted by Gasteiger charge is -2.56. The number of nitrogens with one attached hydrogen (secondary N) is 1. The highest BCUT2D eigenvalue weighted by molar-refractivity contribution is 6.62. The number of aryl methyl sites for hydroxylation is 1. The van der Waals surface area contributed by atoms with Gasteiger partial charge in [0.1, 0.15) is 5.82 Å². The third-order valence-corrected chi connectivity index (χ3v) is 8.25. The van der Waals surface area contributed by atoms with Gasteiger partial charge in [-0.05, 0) is 70.3 Å². The molecule has 1 spiro atoms. The largest absolute Gasteiger partial charge is 0.494 e. The first-order valence-electron chi connectivity index (χ1n) is 12.5. The van der Waals surface area contributed by atoms with E-state index in [1.165, 1.54) is 19.3 Å². The summed E-state index contributed by atoms with van der Waals surface area (Å²) < 4.78 is 14.1. The minimum absolute atomic E-state index is 0.356. The summed E-state index contributed by atoms with van der Waals surface area (Å²) in [7, 11) is 1.51. The van der Waals surface area contributed by atoms with Crippen molar-refractivity contribution in [2.24, 2.45) is 12.5 Å². The first-order valence-corrected chi connectivity index (χ1v) is 12.5. The number of rotatable bonds is 5. The van der Waals surface area contributed by atoms with E-state index < -0.39 is 0 Å². The molecule has 1 saturated carbocycles. The van der Waals surface area contributed by atoms with Gasteiger partial charge in [-0.25, -0.2) is 9.67 Å². The molecular weight excluding hydrogens is 439 g/mol. The molecule has 3 aromatic rings. The van der Waals surface area contributed by atoms with Gasteiger partial charge >= 0.3 is 7.12 Å². The van der Waals surface area contributed by atoms with Crippen LogP contribution >= 0.6 is 0 Å². The maximum absolute atomic E-state index is 6.15. The second-order valence-electron chi connectivity index (χ2n) is 11.3. The predicted molar refractivity (Wildman–Crippen MR) is 138 cm³/mol. The summed E-state index contributed by atoms with van der Waals surface area (Å²) in [6, 6.07) is 12.2. The lowest BCUT2D eigenvalue weighted by atomic mass is 9.63. The highest BCUT2D eigenvalue weighted by Crippen LogP contribution is 2.49. The van der Waals surface area contributed by atoms with E-state index in [0.29, 0.717) is 17.2 Å². The number of nitrogens with zero attached hydrogens (tertiary/aromatic N) is 5. The Balaban J connectivity index is 1.12. The molecule has 182 valence electrons. The summed E-state index contributed by atoms with van der Waals surface area (Å²) in [6.45, 7) is 10.5. The molecule has 9 heteroatoms. The maximum atomic E-state index is 6.15. The van der Waals surface area contributed by atoms with Crippen molar-refractivity contribution in [2.75, 3.05) is 23.3 Å². The molecule has 3 fully saturated rings. The van der Waals surface area contributed by atoms with Crippen LogP contribution in [0.4, 0.5) is 17.5 Å². The zero-order valence-corrected chi connectivity index (χ0v) is 21.2. The Kier molecular flexibility index (Phi) is 5.02. The second-order valence-corrected chi connectivity index (χ2v) is 11.3. The fourth-order valence-electron chi connectivity index (χ4n) is 5.07. The summed E-state index contributed by atoms with van der Waals surface area (Å²) in [5.74, 6) is 2.37. The van der Waals surface area contributed by atoms with Gasteiger partial charge in [0, 0.05) is 43.0 Å². The molecule has 35 heavy (non-hydrogen) atoms. The molecule has 0 unspecified atom stereocenters. The van der Waals surface area contributed by atoms with Crippen molar-refractivity contribution in [3.63, 3.8) is 0 Å². The summed E-state index contributed by atoms with van der Waals surface area (Å²) in [6.07, 6.45) is 6.00. The Morgan fingerprint density at radius 2 is 1.63 bits per heavy atom.